The average Bonchev–Trinajstić information content (AvgIpc) is 2.89. The Labute approximate surface area is 225 Å². The van der Waals surface area contributed by atoms with Crippen molar-refractivity contribution in [2.75, 3.05) is 26.2 Å². The summed E-state index contributed by atoms with van der Waals surface area (Å²) < 4.78 is 40.9. The minimum atomic E-state index is -4.81. The van der Waals surface area contributed by atoms with Crippen molar-refractivity contribution in [3.63, 3.8) is 0 Å². The number of alkyl halides is 3. The maximum absolute atomic E-state index is 13.0. The van der Waals surface area contributed by atoms with Crippen molar-refractivity contribution in [1.29, 1.82) is 0 Å². The van der Waals surface area contributed by atoms with E-state index in [-0.39, 0.29) is 57.2 Å². The molecule has 0 heterocycles. The van der Waals surface area contributed by atoms with Crippen LogP contribution in [0.15, 0.2) is 54.6 Å². The summed E-state index contributed by atoms with van der Waals surface area (Å²) in [6.45, 7) is 1.01. The van der Waals surface area contributed by atoms with Crippen molar-refractivity contribution in [3.8, 4) is 5.75 Å². The van der Waals surface area contributed by atoms with E-state index in [0.717, 1.165) is 17.7 Å². The summed E-state index contributed by atoms with van der Waals surface area (Å²) in [5.41, 5.74) is 18.5. The van der Waals surface area contributed by atoms with Gasteiger partial charge in [-0.2, -0.15) is 0 Å². The van der Waals surface area contributed by atoms with Gasteiger partial charge in [0.15, 0.2) is 0 Å². The molecule has 0 saturated carbocycles. The number of rotatable bonds is 15. The van der Waals surface area contributed by atoms with Gasteiger partial charge in [-0.1, -0.05) is 42.5 Å². The molecule has 10 nitrogen and oxygen atoms in total. The van der Waals surface area contributed by atoms with Gasteiger partial charge in [-0.15, -0.1) is 13.2 Å². The Morgan fingerprint density at radius 1 is 0.897 bits per heavy atom. The van der Waals surface area contributed by atoms with Gasteiger partial charge >= 0.3 is 6.36 Å². The van der Waals surface area contributed by atoms with Crippen LogP contribution in [0.3, 0.4) is 0 Å². The molecule has 0 aromatic heterocycles. The van der Waals surface area contributed by atoms with E-state index < -0.39 is 30.3 Å². The Morgan fingerprint density at radius 3 is 2.08 bits per heavy atom. The van der Waals surface area contributed by atoms with Crippen molar-refractivity contribution in [2.24, 2.45) is 17.2 Å². The fourth-order valence-corrected chi connectivity index (χ4v) is 3.71. The van der Waals surface area contributed by atoms with Gasteiger partial charge in [0.1, 0.15) is 11.8 Å². The van der Waals surface area contributed by atoms with Gasteiger partial charge in [-0.3, -0.25) is 14.4 Å². The molecule has 0 fully saturated rings. The normalized spacial score (nSPS) is 12.8. The summed E-state index contributed by atoms with van der Waals surface area (Å²) >= 11 is 0. The predicted molar refractivity (Wildman–Crippen MR) is 139 cm³/mol. The molecular weight excluding hydrogens is 517 g/mol. The molecule has 0 saturated heterocycles. The van der Waals surface area contributed by atoms with Crippen LogP contribution in [-0.2, 0) is 27.3 Å². The zero-order valence-corrected chi connectivity index (χ0v) is 21.5. The Kier molecular flexibility index (Phi) is 12.7. The zero-order chi connectivity index (χ0) is 28.8. The van der Waals surface area contributed by atoms with E-state index in [9.17, 15) is 27.6 Å². The van der Waals surface area contributed by atoms with Crippen LogP contribution < -0.4 is 32.6 Å². The van der Waals surface area contributed by atoms with Crippen LogP contribution in [0.2, 0.25) is 0 Å². The van der Waals surface area contributed by atoms with Crippen LogP contribution in [0, 0.1) is 0 Å². The van der Waals surface area contributed by atoms with Gasteiger partial charge in [0.05, 0.1) is 12.5 Å². The number of ether oxygens (including phenoxy) is 1. The van der Waals surface area contributed by atoms with Crippen LogP contribution in [0.25, 0.3) is 0 Å². The molecule has 2 atom stereocenters. The summed E-state index contributed by atoms with van der Waals surface area (Å²) in [6.07, 6.45) is -4.38. The second-order valence-electron chi connectivity index (χ2n) is 8.76. The maximum atomic E-state index is 13.0. The number of nitrogens with zero attached hydrogens (tertiary/aromatic N) is 1. The highest BCUT2D eigenvalue weighted by atomic mass is 19.4. The summed E-state index contributed by atoms with van der Waals surface area (Å²) in [6, 6.07) is 12.2. The van der Waals surface area contributed by atoms with Gasteiger partial charge in [0.25, 0.3) is 0 Å². The SMILES string of the molecule is NCCN(CCN)C(=O)C[C@H](N)C(=O)N[C@H](CCc1ccccc1)C(=O)NCc1ccc(OC(F)(F)F)cc1. The molecule has 214 valence electrons. The Morgan fingerprint density at radius 2 is 1.51 bits per heavy atom. The molecule has 13 heteroatoms. The third-order valence-electron chi connectivity index (χ3n) is 5.70. The highest BCUT2D eigenvalue weighted by Crippen LogP contribution is 2.22. The van der Waals surface area contributed by atoms with Crippen molar-refractivity contribution < 1.29 is 32.3 Å². The number of nitrogens with two attached hydrogens (primary N) is 3. The third-order valence-corrected chi connectivity index (χ3v) is 5.70. The van der Waals surface area contributed by atoms with Crippen molar-refractivity contribution in [1.82, 2.24) is 15.5 Å². The van der Waals surface area contributed by atoms with E-state index in [4.69, 9.17) is 17.2 Å². The topological polar surface area (TPSA) is 166 Å². The van der Waals surface area contributed by atoms with Crippen molar-refractivity contribution in [2.45, 2.75) is 44.3 Å². The maximum Gasteiger partial charge on any atom is 0.573 e. The quantitative estimate of drug-likeness (QED) is 0.218. The summed E-state index contributed by atoms with van der Waals surface area (Å²) in [5.74, 6) is -1.95. The van der Waals surface area contributed by atoms with Gasteiger partial charge in [0, 0.05) is 32.7 Å². The number of benzene rings is 2. The first-order chi connectivity index (χ1) is 18.5. The molecule has 0 aliphatic heterocycles. The number of aryl methyl sites for hydroxylation is 1. The number of hydrogen-bond donors (Lipinski definition) is 5. The molecule has 0 radical (unpaired) electrons. The number of carbonyl (C=O) groups excluding carboxylic acids is 3. The third kappa shape index (κ3) is 11.7. The molecular formula is C26H35F3N6O4. The van der Waals surface area contributed by atoms with Gasteiger partial charge in [-0.25, -0.2) is 0 Å². The monoisotopic (exact) mass is 552 g/mol. The van der Waals surface area contributed by atoms with Crippen LogP contribution in [-0.4, -0.2) is 67.2 Å². The minimum absolute atomic E-state index is 0.000512. The summed E-state index contributed by atoms with van der Waals surface area (Å²) in [4.78, 5) is 39.8. The first-order valence-corrected chi connectivity index (χ1v) is 12.4. The fraction of sp³-hybridized carbons (Fsp3) is 0.423. The molecule has 0 spiro atoms. The smallest absolute Gasteiger partial charge is 0.406 e. The molecule has 39 heavy (non-hydrogen) atoms. The molecule has 2 rings (SSSR count). The van der Waals surface area contributed by atoms with Crippen LogP contribution in [0.1, 0.15) is 24.0 Å². The number of amides is 3. The lowest BCUT2D eigenvalue weighted by atomic mass is 10.0. The second kappa shape index (κ2) is 15.7. The zero-order valence-electron chi connectivity index (χ0n) is 21.5. The highest BCUT2D eigenvalue weighted by Gasteiger charge is 2.31. The predicted octanol–water partition coefficient (Wildman–Crippen LogP) is 0.782. The van der Waals surface area contributed by atoms with E-state index in [1.54, 1.807) is 0 Å². The first kappa shape index (κ1) is 31.5. The minimum Gasteiger partial charge on any atom is -0.406 e. The van der Waals surface area contributed by atoms with E-state index in [2.05, 4.69) is 15.4 Å². The number of nitrogens with one attached hydrogen (secondary N) is 2. The number of halogens is 3. The molecule has 0 unspecified atom stereocenters. The molecule has 0 aliphatic carbocycles. The fourth-order valence-electron chi connectivity index (χ4n) is 3.71. The molecule has 2 aromatic carbocycles. The van der Waals surface area contributed by atoms with Crippen LogP contribution in [0.4, 0.5) is 13.2 Å². The Bertz CT molecular complexity index is 1050. The van der Waals surface area contributed by atoms with E-state index in [0.29, 0.717) is 12.0 Å². The lowest BCUT2D eigenvalue weighted by molar-refractivity contribution is -0.274. The Balaban J connectivity index is 2.03. The molecule has 2 aromatic rings. The first-order valence-electron chi connectivity index (χ1n) is 12.4. The van der Waals surface area contributed by atoms with Gasteiger partial charge in [0.2, 0.25) is 17.7 Å². The summed E-state index contributed by atoms with van der Waals surface area (Å²) in [5, 5.41) is 5.30. The van der Waals surface area contributed by atoms with E-state index in [1.807, 2.05) is 30.3 Å². The number of hydrogen-bond acceptors (Lipinski definition) is 7. The van der Waals surface area contributed by atoms with Gasteiger partial charge < -0.3 is 37.5 Å². The van der Waals surface area contributed by atoms with Crippen LogP contribution >= 0.6 is 0 Å². The highest BCUT2D eigenvalue weighted by molar-refractivity contribution is 5.92. The lowest BCUT2D eigenvalue weighted by Gasteiger charge is -2.24. The molecule has 0 bridgehead atoms. The lowest BCUT2D eigenvalue weighted by Crippen LogP contribution is -2.53. The van der Waals surface area contributed by atoms with Crippen LogP contribution in [0.5, 0.6) is 5.75 Å². The molecule has 3 amide bonds. The second-order valence-corrected chi connectivity index (χ2v) is 8.76. The summed E-state index contributed by atoms with van der Waals surface area (Å²) in [7, 11) is 0. The average molecular weight is 553 g/mol. The van der Waals surface area contributed by atoms with Gasteiger partial charge in [-0.05, 0) is 36.1 Å². The Hall–Kier alpha value is -3.68. The van der Waals surface area contributed by atoms with Crippen molar-refractivity contribution in [3.05, 3.63) is 65.7 Å². The van der Waals surface area contributed by atoms with Crippen molar-refractivity contribution >= 4 is 17.7 Å². The molecule has 0 aliphatic rings. The molecule has 8 N–H and O–H groups in total. The van der Waals surface area contributed by atoms with E-state index in [1.165, 1.54) is 17.0 Å². The largest absolute Gasteiger partial charge is 0.573 e. The number of carbonyl (C=O) groups is 3. The standard InChI is InChI=1S/C26H35F3N6O4/c27-26(28,29)39-20-9-6-19(7-10-20)17-33-25(38)22(11-8-18-4-2-1-3-5-18)34-24(37)21(32)16-23(36)35(14-12-30)15-13-31/h1-7,9-10,21-22H,8,11-17,30-32H2,(H,33,38)(H,34,37)/t21-,22+/m0/s1. The van der Waals surface area contributed by atoms with E-state index >= 15 is 0 Å².